The summed E-state index contributed by atoms with van der Waals surface area (Å²) in [5.41, 5.74) is -0.513. The quantitative estimate of drug-likeness (QED) is 0.748. The Kier molecular flexibility index (Phi) is 3.51. The van der Waals surface area contributed by atoms with Crippen molar-refractivity contribution in [1.29, 1.82) is 5.26 Å². The number of ketones is 1. The highest BCUT2D eigenvalue weighted by atomic mass is 19.3. The Morgan fingerprint density at radius 3 is 2.56 bits per heavy atom. The lowest BCUT2D eigenvalue weighted by atomic mass is 10.1. The van der Waals surface area contributed by atoms with E-state index in [4.69, 9.17) is 5.26 Å². The molecule has 0 heterocycles. The predicted molar refractivity (Wildman–Crippen MR) is 47.8 cm³/mol. The van der Waals surface area contributed by atoms with Crippen molar-refractivity contribution in [2.24, 2.45) is 0 Å². The summed E-state index contributed by atoms with van der Waals surface area (Å²) in [7, 11) is 0. The number of ether oxygens (including phenoxy) is 1. The second kappa shape index (κ2) is 4.66. The van der Waals surface area contributed by atoms with Crippen molar-refractivity contribution in [1.82, 2.24) is 0 Å². The summed E-state index contributed by atoms with van der Waals surface area (Å²) >= 11 is 0. The average molecular weight is 229 g/mol. The molecule has 3 nitrogen and oxygen atoms in total. The highest BCUT2D eigenvalue weighted by Gasteiger charge is 2.19. The predicted octanol–water partition coefficient (Wildman–Crippen LogP) is 2.50. The zero-order valence-corrected chi connectivity index (χ0v) is 8.13. The van der Waals surface area contributed by atoms with Crippen molar-refractivity contribution in [3.05, 3.63) is 29.1 Å². The fourth-order valence-corrected chi connectivity index (χ4v) is 1.13. The minimum Gasteiger partial charge on any atom is -0.431 e. The monoisotopic (exact) mass is 229 g/mol. The van der Waals surface area contributed by atoms with Crippen molar-refractivity contribution >= 4 is 5.78 Å². The topological polar surface area (TPSA) is 50.1 Å². The van der Waals surface area contributed by atoms with Gasteiger partial charge in [-0.15, -0.1) is 0 Å². The van der Waals surface area contributed by atoms with Gasteiger partial charge in [-0.2, -0.15) is 14.0 Å². The molecule has 0 aliphatic carbocycles. The summed E-state index contributed by atoms with van der Waals surface area (Å²) in [5.74, 6) is -2.65. The maximum atomic E-state index is 13.3. The molecule has 0 aromatic heterocycles. The van der Waals surface area contributed by atoms with Crippen molar-refractivity contribution in [2.45, 2.75) is 13.5 Å². The van der Waals surface area contributed by atoms with Crippen LogP contribution in [0.5, 0.6) is 5.75 Å². The van der Waals surface area contributed by atoms with E-state index < -0.39 is 24.0 Å². The van der Waals surface area contributed by atoms with E-state index in [0.29, 0.717) is 0 Å². The number of alkyl halides is 2. The minimum absolute atomic E-state index is 0.135. The van der Waals surface area contributed by atoms with Gasteiger partial charge in [0.1, 0.15) is 0 Å². The van der Waals surface area contributed by atoms with Gasteiger partial charge in [0.25, 0.3) is 0 Å². The lowest BCUT2D eigenvalue weighted by molar-refractivity contribution is -0.0524. The van der Waals surface area contributed by atoms with Gasteiger partial charge in [-0.1, -0.05) is 0 Å². The SMILES string of the molecule is CC(=O)c1cc(C#N)cc(F)c1OC(F)F. The maximum absolute atomic E-state index is 13.3. The van der Waals surface area contributed by atoms with Crippen molar-refractivity contribution in [3.63, 3.8) is 0 Å². The first kappa shape index (κ1) is 12.0. The Balaban J connectivity index is 3.35. The molecule has 0 fully saturated rings. The molecule has 0 amide bonds. The van der Waals surface area contributed by atoms with E-state index in [-0.39, 0.29) is 11.1 Å². The van der Waals surface area contributed by atoms with Crippen LogP contribution in [0.1, 0.15) is 22.8 Å². The minimum atomic E-state index is -3.24. The molecule has 0 saturated carbocycles. The van der Waals surface area contributed by atoms with Crippen LogP contribution >= 0.6 is 0 Å². The smallest absolute Gasteiger partial charge is 0.387 e. The number of carbonyl (C=O) groups is 1. The van der Waals surface area contributed by atoms with Crippen molar-refractivity contribution in [2.75, 3.05) is 0 Å². The van der Waals surface area contributed by atoms with E-state index in [1.807, 2.05) is 0 Å². The van der Waals surface area contributed by atoms with E-state index in [1.165, 1.54) is 0 Å². The van der Waals surface area contributed by atoms with Crippen LogP contribution in [-0.4, -0.2) is 12.4 Å². The van der Waals surface area contributed by atoms with Gasteiger partial charge in [-0.25, -0.2) is 4.39 Å². The molecule has 0 spiro atoms. The molecule has 0 atom stereocenters. The van der Waals surface area contributed by atoms with Gasteiger partial charge in [0.05, 0.1) is 17.2 Å². The molecule has 16 heavy (non-hydrogen) atoms. The second-order valence-electron chi connectivity index (χ2n) is 2.88. The van der Waals surface area contributed by atoms with E-state index in [1.54, 1.807) is 6.07 Å². The summed E-state index contributed by atoms with van der Waals surface area (Å²) in [4.78, 5) is 11.1. The zero-order chi connectivity index (χ0) is 12.3. The Bertz CT molecular complexity index is 466. The molecule has 0 aliphatic heterocycles. The molecular weight excluding hydrogens is 223 g/mol. The number of hydrogen-bond donors (Lipinski definition) is 0. The highest BCUT2D eigenvalue weighted by molar-refractivity contribution is 5.97. The zero-order valence-electron chi connectivity index (χ0n) is 8.13. The standard InChI is InChI=1S/C10H6F3NO2/c1-5(15)7-2-6(4-14)3-8(11)9(7)16-10(12)13/h2-3,10H,1H3. The number of carbonyl (C=O) groups excluding carboxylic acids is 1. The first-order chi connectivity index (χ1) is 7.45. The number of benzene rings is 1. The van der Waals surface area contributed by atoms with Crippen LogP contribution in [0.15, 0.2) is 12.1 Å². The molecule has 6 heteroatoms. The van der Waals surface area contributed by atoms with Gasteiger partial charge in [0.15, 0.2) is 17.3 Å². The van der Waals surface area contributed by atoms with Crippen LogP contribution in [0.4, 0.5) is 13.2 Å². The number of halogens is 3. The first-order valence-electron chi connectivity index (χ1n) is 4.15. The summed E-state index contributed by atoms with van der Waals surface area (Å²) in [6, 6.07) is 3.34. The fraction of sp³-hybridized carbons (Fsp3) is 0.200. The summed E-state index contributed by atoms with van der Waals surface area (Å²) in [5, 5.41) is 8.52. The highest BCUT2D eigenvalue weighted by Crippen LogP contribution is 2.26. The van der Waals surface area contributed by atoms with E-state index in [2.05, 4.69) is 4.74 Å². The molecule has 84 valence electrons. The largest absolute Gasteiger partial charge is 0.431 e. The molecule has 1 aromatic carbocycles. The van der Waals surface area contributed by atoms with Gasteiger partial charge >= 0.3 is 6.61 Å². The van der Waals surface area contributed by atoms with Crippen LogP contribution in [0.2, 0.25) is 0 Å². The third-order valence-corrected chi connectivity index (χ3v) is 1.76. The molecule has 0 unspecified atom stereocenters. The van der Waals surface area contributed by atoms with Crippen LogP contribution in [0.25, 0.3) is 0 Å². The Labute approximate surface area is 89.1 Å². The third kappa shape index (κ3) is 2.51. The van der Waals surface area contributed by atoms with E-state index in [9.17, 15) is 18.0 Å². The van der Waals surface area contributed by atoms with Gasteiger partial charge in [-0.3, -0.25) is 4.79 Å². The molecule has 1 rings (SSSR count). The van der Waals surface area contributed by atoms with Gasteiger partial charge in [0, 0.05) is 0 Å². The van der Waals surface area contributed by atoms with Crippen LogP contribution in [0.3, 0.4) is 0 Å². The summed E-state index contributed by atoms with van der Waals surface area (Å²) in [6.07, 6.45) is 0. The average Bonchev–Trinajstić information content (AvgIpc) is 2.19. The molecule has 0 bridgehead atoms. The molecule has 0 saturated heterocycles. The van der Waals surface area contributed by atoms with Gasteiger partial charge < -0.3 is 4.74 Å². The Morgan fingerprint density at radius 1 is 1.50 bits per heavy atom. The Hall–Kier alpha value is -2.03. The lowest BCUT2D eigenvalue weighted by Gasteiger charge is -2.09. The van der Waals surface area contributed by atoms with Crippen LogP contribution in [-0.2, 0) is 0 Å². The molecule has 1 aromatic rings. The number of Topliss-reactive ketones (excluding diaryl/α,β-unsaturated/α-hetero) is 1. The maximum Gasteiger partial charge on any atom is 0.387 e. The van der Waals surface area contributed by atoms with E-state index >= 15 is 0 Å². The number of nitriles is 1. The molecule has 0 N–H and O–H groups in total. The van der Waals surface area contributed by atoms with Gasteiger partial charge in [-0.05, 0) is 19.1 Å². The van der Waals surface area contributed by atoms with Crippen LogP contribution in [0, 0.1) is 17.1 Å². The number of nitrogens with zero attached hydrogens (tertiary/aromatic N) is 1. The normalized spacial score (nSPS) is 10.0. The van der Waals surface area contributed by atoms with Crippen molar-refractivity contribution < 1.29 is 22.7 Å². The first-order valence-corrected chi connectivity index (χ1v) is 4.15. The lowest BCUT2D eigenvalue weighted by Crippen LogP contribution is -2.09. The molecular formula is C10H6F3NO2. The molecule has 0 aliphatic rings. The Morgan fingerprint density at radius 2 is 2.12 bits per heavy atom. The third-order valence-electron chi connectivity index (χ3n) is 1.76. The van der Waals surface area contributed by atoms with Crippen molar-refractivity contribution in [3.8, 4) is 11.8 Å². The second-order valence-corrected chi connectivity index (χ2v) is 2.88. The number of hydrogen-bond acceptors (Lipinski definition) is 3. The molecule has 0 radical (unpaired) electrons. The summed E-state index contributed by atoms with van der Waals surface area (Å²) < 4.78 is 41.1. The fourth-order valence-electron chi connectivity index (χ4n) is 1.13. The number of rotatable bonds is 3. The van der Waals surface area contributed by atoms with E-state index in [0.717, 1.165) is 19.1 Å². The van der Waals surface area contributed by atoms with Gasteiger partial charge in [0.2, 0.25) is 0 Å². The summed E-state index contributed by atoms with van der Waals surface area (Å²) in [6.45, 7) is -2.17. The van der Waals surface area contributed by atoms with Crippen LogP contribution < -0.4 is 4.74 Å².